The van der Waals surface area contributed by atoms with E-state index >= 15 is 0 Å². The zero-order valence-corrected chi connectivity index (χ0v) is 8.73. The maximum absolute atomic E-state index is 8.59. The van der Waals surface area contributed by atoms with Crippen LogP contribution in [0.3, 0.4) is 0 Å². The molecule has 0 aliphatic carbocycles. The van der Waals surface area contributed by atoms with E-state index in [0.29, 0.717) is 10.8 Å². The molecule has 0 saturated heterocycles. The van der Waals surface area contributed by atoms with Gasteiger partial charge >= 0.3 is 0 Å². The van der Waals surface area contributed by atoms with Crippen molar-refractivity contribution in [3.05, 3.63) is 40.9 Å². The molecular weight excluding hydrogens is 212 g/mol. The van der Waals surface area contributed by atoms with E-state index < -0.39 is 0 Å². The van der Waals surface area contributed by atoms with E-state index in [-0.39, 0.29) is 0 Å². The van der Waals surface area contributed by atoms with Crippen LogP contribution in [0.2, 0.25) is 5.15 Å². The van der Waals surface area contributed by atoms with Crippen LogP contribution in [0.15, 0.2) is 24.5 Å². The fraction of sp³-hybridized carbons (Fsp3) is 0.100. The lowest BCUT2D eigenvalue weighted by molar-refractivity contribution is 0.873. The second kappa shape index (κ2) is 3.71. The molecule has 2 aromatic heterocycles. The monoisotopic (exact) mass is 218 g/mol. The molecule has 0 aliphatic rings. The van der Waals surface area contributed by atoms with Gasteiger partial charge in [0.15, 0.2) is 5.15 Å². The fourth-order valence-corrected chi connectivity index (χ4v) is 1.29. The molecule has 0 bridgehead atoms. The van der Waals surface area contributed by atoms with E-state index in [0.717, 1.165) is 11.3 Å². The first-order valence-electron chi connectivity index (χ1n) is 4.29. The maximum Gasteiger partial charge on any atom is 0.154 e. The summed E-state index contributed by atoms with van der Waals surface area (Å²) in [6.45, 7) is 1.88. The summed E-state index contributed by atoms with van der Waals surface area (Å²) in [7, 11) is 0. The van der Waals surface area contributed by atoms with Crippen LogP contribution in [0, 0.1) is 18.3 Å². The molecule has 0 aliphatic heterocycles. The Morgan fingerprint density at radius 3 is 2.73 bits per heavy atom. The third kappa shape index (κ3) is 1.83. The highest BCUT2D eigenvalue weighted by molar-refractivity contribution is 6.30. The lowest BCUT2D eigenvalue weighted by atomic mass is 10.3. The Bertz CT molecular complexity index is 502. The van der Waals surface area contributed by atoms with E-state index in [1.54, 1.807) is 23.0 Å². The van der Waals surface area contributed by atoms with Gasteiger partial charge in [-0.15, -0.1) is 0 Å². The first-order chi connectivity index (χ1) is 7.20. The van der Waals surface area contributed by atoms with E-state index in [1.165, 1.54) is 0 Å². The van der Waals surface area contributed by atoms with Gasteiger partial charge in [0.2, 0.25) is 0 Å². The summed E-state index contributed by atoms with van der Waals surface area (Å²) in [6, 6.07) is 5.37. The Labute approximate surface area is 91.7 Å². The van der Waals surface area contributed by atoms with Crippen molar-refractivity contribution in [3.63, 3.8) is 0 Å². The van der Waals surface area contributed by atoms with Gasteiger partial charge in [0.25, 0.3) is 0 Å². The van der Waals surface area contributed by atoms with Gasteiger partial charge in [-0.1, -0.05) is 11.6 Å². The van der Waals surface area contributed by atoms with Gasteiger partial charge in [-0.3, -0.25) is 0 Å². The molecular formula is C10H7ClN4. The minimum Gasteiger partial charge on any atom is -0.243 e. The molecule has 0 saturated carbocycles. The quantitative estimate of drug-likeness (QED) is 0.737. The minimum atomic E-state index is 0.383. The summed E-state index contributed by atoms with van der Waals surface area (Å²) < 4.78 is 1.63. The number of aryl methyl sites for hydroxylation is 1. The van der Waals surface area contributed by atoms with E-state index in [4.69, 9.17) is 16.9 Å². The number of nitrogens with zero attached hydrogens (tertiary/aromatic N) is 4. The molecule has 4 nitrogen and oxygen atoms in total. The molecule has 15 heavy (non-hydrogen) atoms. The van der Waals surface area contributed by atoms with Crippen LogP contribution in [-0.4, -0.2) is 14.8 Å². The number of pyridine rings is 1. The van der Waals surface area contributed by atoms with Crippen LogP contribution in [0.1, 0.15) is 11.3 Å². The topological polar surface area (TPSA) is 54.5 Å². The summed E-state index contributed by atoms with van der Waals surface area (Å²) >= 11 is 5.83. The Hall–Kier alpha value is -1.86. The molecule has 0 N–H and O–H groups in total. The van der Waals surface area contributed by atoms with Crippen LogP contribution in [0.4, 0.5) is 0 Å². The Balaban J connectivity index is 2.42. The highest BCUT2D eigenvalue weighted by atomic mass is 35.5. The molecule has 0 atom stereocenters. The second-order valence-electron chi connectivity index (χ2n) is 3.06. The summed E-state index contributed by atoms with van der Waals surface area (Å²) in [4.78, 5) is 3.95. The summed E-state index contributed by atoms with van der Waals surface area (Å²) in [5.74, 6) is 0. The third-order valence-electron chi connectivity index (χ3n) is 1.96. The number of aromatic nitrogens is 3. The predicted octanol–water partition coefficient (Wildman–Crippen LogP) is 2.10. The molecule has 0 aromatic carbocycles. The van der Waals surface area contributed by atoms with Crippen LogP contribution in [0.25, 0.3) is 5.69 Å². The van der Waals surface area contributed by atoms with E-state index in [1.807, 2.05) is 19.2 Å². The molecule has 2 aromatic rings. The molecule has 0 radical (unpaired) electrons. The number of hydrogen-bond acceptors (Lipinski definition) is 3. The largest absolute Gasteiger partial charge is 0.243 e. The zero-order valence-electron chi connectivity index (χ0n) is 7.98. The van der Waals surface area contributed by atoms with Crippen molar-refractivity contribution in [1.82, 2.24) is 14.8 Å². The van der Waals surface area contributed by atoms with Gasteiger partial charge in [-0.25, -0.2) is 9.67 Å². The number of hydrogen-bond donors (Lipinski definition) is 0. The standard InChI is InChI=1S/C10H7ClN4/c1-7-6-15(14-10(7)11)9-3-2-8(4-12)13-5-9/h2-3,5-6H,1H3. The Morgan fingerprint density at radius 2 is 2.27 bits per heavy atom. The van der Waals surface area contributed by atoms with Gasteiger partial charge in [-0.2, -0.15) is 10.4 Å². The van der Waals surface area contributed by atoms with Crippen molar-refractivity contribution in [2.24, 2.45) is 0 Å². The number of nitriles is 1. The van der Waals surface area contributed by atoms with Gasteiger partial charge in [0.1, 0.15) is 11.8 Å². The molecule has 0 fully saturated rings. The van der Waals surface area contributed by atoms with Crippen LogP contribution in [-0.2, 0) is 0 Å². The molecule has 2 rings (SSSR count). The molecule has 0 amide bonds. The maximum atomic E-state index is 8.59. The SMILES string of the molecule is Cc1cn(-c2ccc(C#N)nc2)nc1Cl. The average Bonchev–Trinajstić information content (AvgIpc) is 2.59. The van der Waals surface area contributed by atoms with Gasteiger partial charge in [-0.05, 0) is 19.1 Å². The second-order valence-corrected chi connectivity index (χ2v) is 3.42. The highest BCUT2D eigenvalue weighted by Gasteiger charge is 2.03. The lowest BCUT2D eigenvalue weighted by Gasteiger charge is -1.98. The third-order valence-corrected chi connectivity index (χ3v) is 2.34. The normalized spacial score (nSPS) is 9.93. The van der Waals surface area contributed by atoms with Crippen molar-refractivity contribution < 1.29 is 0 Å². The highest BCUT2D eigenvalue weighted by Crippen LogP contribution is 2.14. The summed E-state index contributed by atoms with van der Waals surface area (Å²) in [5.41, 5.74) is 2.07. The van der Waals surface area contributed by atoms with Crippen molar-refractivity contribution in [1.29, 1.82) is 5.26 Å². The molecule has 74 valence electrons. The molecule has 5 heteroatoms. The smallest absolute Gasteiger partial charge is 0.154 e. The zero-order chi connectivity index (χ0) is 10.8. The van der Waals surface area contributed by atoms with Crippen molar-refractivity contribution in [2.75, 3.05) is 0 Å². The first kappa shape index (κ1) is 9.69. The van der Waals surface area contributed by atoms with Crippen LogP contribution in [0.5, 0.6) is 0 Å². The Morgan fingerprint density at radius 1 is 1.47 bits per heavy atom. The van der Waals surface area contributed by atoms with Gasteiger partial charge in [0, 0.05) is 11.8 Å². The van der Waals surface area contributed by atoms with Crippen molar-refractivity contribution in [3.8, 4) is 11.8 Å². The minimum absolute atomic E-state index is 0.383. The van der Waals surface area contributed by atoms with Crippen molar-refractivity contribution >= 4 is 11.6 Å². The fourth-order valence-electron chi connectivity index (χ4n) is 1.16. The number of halogens is 1. The lowest BCUT2D eigenvalue weighted by Crippen LogP contribution is -1.95. The van der Waals surface area contributed by atoms with Crippen LogP contribution < -0.4 is 0 Å². The van der Waals surface area contributed by atoms with Gasteiger partial charge in [0.05, 0.1) is 11.9 Å². The summed E-state index contributed by atoms with van der Waals surface area (Å²) in [5, 5.41) is 13.2. The van der Waals surface area contributed by atoms with E-state index in [9.17, 15) is 0 Å². The van der Waals surface area contributed by atoms with E-state index in [2.05, 4.69) is 10.1 Å². The van der Waals surface area contributed by atoms with Crippen LogP contribution >= 0.6 is 11.6 Å². The van der Waals surface area contributed by atoms with Gasteiger partial charge < -0.3 is 0 Å². The number of rotatable bonds is 1. The summed E-state index contributed by atoms with van der Waals surface area (Å²) in [6.07, 6.45) is 3.40. The predicted molar refractivity (Wildman–Crippen MR) is 55.8 cm³/mol. The first-order valence-corrected chi connectivity index (χ1v) is 4.67. The molecule has 0 unspecified atom stereocenters. The molecule has 0 spiro atoms. The average molecular weight is 219 g/mol. The van der Waals surface area contributed by atoms with Crippen molar-refractivity contribution in [2.45, 2.75) is 6.92 Å². The Kier molecular flexibility index (Phi) is 2.40. The molecule has 2 heterocycles.